The van der Waals surface area contributed by atoms with E-state index in [1.165, 1.54) is 24.7 Å². The fraction of sp³-hybridized carbons (Fsp3) is 0.562. The lowest BCUT2D eigenvalue weighted by Gasteiger charge is -2.10. The van der Waals surface area contributed by atoms with Crippen LogP contribution in [0.4, 0.5) is 4.39 Å². The van der Waals surface area contributed by atoms with Crippen LogP contribution in [-0.4, -0.2) is 21.6 Å². The summed E-state index contributed by atoms with van der Waals surface area (Å²) in [5.74, 6) is 1.83. The van der Waals surface area contributed by atoms with E-state index < -0.39 is 0 Å². The van der Waals surface area contributed by atoms with Crippen molar-refractivity contribution in [3.05, 3.63) is 29.3 Å². The number of benzene rings is 1. The van der Waals surface area contributed by atoms with Gasteiger partial charge in [-0.25, -0.2) is 9.37 Å². The first-order valence-electron chi connectivity index (χ1n) is 7.34. The highest BCUT2D eigenvalue weighted by Gasteiger charge is 2.16. The van der Waals surface area contributed by atoms with Crippen molar-refractivity contribution in [1.29, 1.82) is 0 Å². The number of halogens is 2. The SMILES string of the molecule is CSCCCCCn1c(C(C)Cl)nc2cc(F)c(C)cc21. The van der Waals surface area contributed by atoms with Gasteiger partial charge in [-0.15, -0.1) is 11.6 Å². The molecule has 0 fully saturated rings. The minimum atomic E-state index is -0.208. The number of imidazole rings is 1. The number of fused-ring (bicyclic) bond motifs is 1. The van der Waals surface area contributed by atoms with E-state index in [1.54, 1.807) is 6.92 Å². The van der Waals surface area contributed by atoms with Crippen LogP contribution in [0.1, 0.15) is 43.0 Å². The number of thioether (sulfide) groups is 1. The Bertz CT molecular complexity index is 610. The molecule has 0 aliphatic rings. The first kappa shape index (κ1) is 16.6. The van der Waals surface area contributed by atoms with Crippen LogP contribution in [0.3, 0.4) is 0 Å². The predicted molar refractivity (Wildman–Crippen MR) is 90.9 cm³/mol. The molecule has 2 rings (SSSR count). The Balaban J connectivity index is 2.26. The molecule has 0 amide bonds. The molecule has 0 saturated heterocycles. The lowest BCUT2D eigenvalue weighted by molar-refractivity contribution is 0.592. The van der Waals surface area contributed by atoms with E-state index in [0.717, 1.165) is 24.3 Å². The second kappa shape index (κ2) is 7.50. The van der Waals surface area contributed by atoms with Crippen molar-refractivity contribution in [2.75, 3.05) is 12.0 Å². The van der Waals surface area contributed by atoms with Gasteiger partial charge in [0.05, 0.1) is 16.4 Å². The molecule has 1 atom stereocenters. The highest BCUT2D eigenvalue weighted by Crippen LogP contribution is 2.27. The van der Waals surface area contributed by atoms with Gasteiger partial charge in [0, 0.05) is 12.6 Å². The highest BCUT2D eigenvalue weighted by atomic mass is 35.5. The number of aryl methyl sites for hydroxylation is 2. The maximum atomic E-state index is 13.7. The summed E-state index contributed by atoms with van der Waals surface area (Å²) >= 11 is 8.12. The van der Waals surface area contributed by atoms with E-state index in [1.807, 2.05) is 24.8 Å². The van der Waals surface area contributed by atoms with Crippen molar-refractivity contribution in [3.63, 3.8) is 0 Å². The highest BCUT2D eigenvalue weighted by molar-refractivity contribution is 7.98. The third-order valence-corrected chi connectivity index (χ3v) is 4.54. The largest absolute Gasteiger partial charge is 0.327 e. The molecule has 116 valence electrons. The molecular formula is C16H22ClFN2S. The Morgan fingerprint density at radius 1 is 1.33 bits per heavy atom. The molecule has 0 radical (unpaired) electrons. The lowest BCUT2D eigenvalue weighted by Crippen LogP contribution is -2.05. The van der Waals surface area contributed by atoms with Crippen molar-refractivity contribution < 1.29 is 4.39 Å². The Morgan fingerprint density at radius 3 is 2.76 bits per heavy atom. The van der Waals surface area contributed by atoms with E-state index in [2.05, 4.69) is 15.8 Å². The number of hydrogen-bond donors (Lipinski definition) is 0. The summed E-state index contributed by atoms with van der Waals surface area (Å²) in [5.41, 5.74) is 2.34. The van der Waals surface area contributed by atoms with Gasteiger partial charge in [0.25, 0.3) is 0 Å². The summed E-state index contributed by atoms with van der Waals surface area (Å²) in [6.07, 6.45) is 5.65. The zero-order valence-corrected chi connectivity index (χ0v) is 14.4. The molecule has 1 unspecified atom stereocenters. The Labute approximate surface area is 135 Å². The Morgan fingerprint density at radius 2 is 2.10 bits per heavy atom. The van der Waals surface area contributed by atoms with Gasteiger partial charge in [-0.2, -0.15) is 11.8 Å². The van der Waals surface area contributed by atoms with Gasteiger partial charge in [-0.1, -0.05) is 6.42 Å². The standard InChI is InChI=1S/C16H22ClFN2S/c1-11-9-15-14(10-13(11)18)19-16(12(2)17)20(15)7-5-4-6-8-21-3/h9-10,12H,4-8H2,1-3H3. The Hall–Kier alpha value is -0.740. The molecular weight excluding hydrogens is 307 g/mol. The molecule has 0 spiro atoms. The van der Waals surface area contributed by atoms with Crippen LogP contribution in [0.5, 0.6) is 0 Å². The van der Waals surface area contributed by atoms with Gasteiger partial charge in [-0.3, -0.25) is 0 Å². The molecule has 0 aliphatic heterocycles. The molecule has 1 aromatic heterocycles. The quantitative estimate of drug-likeness (QED) is 0.506. The zero-order chi connectivity index (χ0) is 15.4. The Kier molecular flexibility index (Phi) is 5.94. The van der Waals surface area contributed by atoms with Crippen molar-refractivity contribution in [1.82, 2.24) is 9.55 Å². The smallest absolute Gasteiger partial charge is 0.128 e. The minimum Gasteiger partial charge on any atom is -0.327 e. The van der Waals surface area contributed by atoms with Crippen molar-refractivity contribution in [3.8, 4) is 0 Å². The van der Waals surface area contributed by atoms with Crippen LogP contribution < -0.4 is 0 Å². The van der Waals surface area contributed by atoms with E-state index in [9.17, 15) is 4.39 Å². The minimum absolute atomic E-state index is 0.174. The molecule has 2 nitrogen and oxygen atoms in total. The molecule has 5 heteroatoms. The maximum absolute atomic E-state index is 13.7. The van der Waals surface area contributed by atoms with Gasteiger partial charge >= 0.3 is 0 Å². The predicted octanol–water partition coefficient (Wildman–Crippen LogP) is 5.32. The third kappa shape index (κ3) is 3.92. The van der Waals surface area contributed by atoms with Gasteiger partial charge in [0.1, 0.15) is 11.6 Å². The van der Waals surface area contributed by atoms with Gasteiger partial charge < -0.3 is 4.57 Å². The number of nitrogens with zero attached hydrogens (tertiary/aromatic N) is 2. The lowest BCUT2D eigenvalue weighted by atomic mass is 10.2. The fourth-order valence-corrected chi connectivity index (χ4v) is 3.16. The molecule has 2 aromatic rings. The number of hydrogen-bond acceptors (Lipinski definition) is 2. The topological polar surface area (TPSA) is 17.8 Å². The molecule has 1 heterocycles. The molecule has 0 saturated carbocycles. The average molecular weight is 329 g/mol. The van der Waals surface area contributed by atoms with Crippen molar-refractivity contribution >= 4 is 34.4 Å². The number of unbranched alkanes of at least 4 members (excludes halogenated alkanes) is 2. The van der Waals surface area contributed by atoms with Crippen LogP contribution in [0.2, 0.25) is 0 Å². The molecule has 0 N–H and O–H groups in total. The molecule has 21 heavy (non-hydrogen) atoms. The third-order valence-electron chi connectivity index (χ3n) is 3.64. The van der Waals surface area contributed by atoms with Crippen molar-refractivity contribution in [2.24, 2.45) is 0 Å². The van der Waals surface area contributed by atoms with Crippen LogP contribution in [0.15, 0.2) is 12.1 Å². The maximum Gasteiger partial charge on any atom is 0.128 e. The first-order chi connectivity index (χ1) is 10.0. The number of alkyl halides is 1. The monoisotopic (exact) mass is 328 g/mol. The summed E-state index contributed by atoms with van der Waals surface area (Å²) in [6.45, 7) is 4.59. The van der Waals surface area contributed by atoms with Crippen LogP contribution >= 0.6 is 23.4 Å². The summed E-state index contributed by atoms with van der Waals surface area (Å²) in [5, 5.41) is -0.174. The van der Waals surface area contributed by atoms with E-state index in [-0.39, 0.29) is 11.2 Å². The second-order valence-corrected chi connectivity index (χ2v) is 7.02. The summed E-state index contributed by atoms with van der Waals surface area (Å²) in [7, 11) is 0. The van der Waals surface area contributed by atoms with Gasteiger partial charge in [0.2, 0.25) is 0 Å². The summed E-state index contributed by atoms with van der Waals surface area (Å²) in [6, 6.07) is 3.39. The number of aromatic nitrogens is 2. The van der Waals surface area contributed by atoms with Crippen molar-refractivity contribution in [2.45, 2.75) is 45.0 Å². The van der Waals surface area contributed by atoms with E-state index in [4.69, 9.17) is 11.6 Å². The first-order valence-corrected chi connectivity index (χ1v) is 9.17. The van der Waals surface area contributed by atoms with Crippen LogP contribution in [0, 0.1) is 12.7 Å². The second-order valence-electron chi connectivity index (χ2n) is 5.38. The van der Waals surface area contributed by atoms with Gasteiger partial charge in [0.15, 0.2) is 0 Å². The number of rotatable bonds is 7. The fourth-order valence-electron chi connectivity index (χ4n) is 2.50. The van der Waals surface area contributed by atoms with E-state index in [0.29, 0.717) is 11.1 Å². The molecule has 0 bridgehead atoms. The normalized spacial score (nSPS) is 13.0. The summed E-state index contributed by atoms with van der Waals surface area (Å²) in [4.78, 5) is 4.52. The van der Waals surface area contributed by atoms with Gasteiger partial charge in [-0.05, 0) is 50.3 Å². The summed E-state index contributed by atoms with van der Waals surface area (Å²) < 4.78 is 15.8. The van der Waals surface area contributed by atoms with Crippen LogP contribution in [0.25, 0.3) is 11.0 Å². The van der Waals surface area contributed by atoms with E-state index >= 15 is 0 Å². The zero-order valence-electron chi connectivity index (χ0n) is 12.8. The average Bonchev–Trinajstić information content (AvgIpc) is 2.77. The van der Waals surface area contributed by atoms with Crippen LogP contribution in [-0.2, 0) is 6.54 Å². The molecule has 0 aliphatic carbocycles. The molecule has 1 aromatic carbocycles.